The third kappa shape index (κ3) is 3.69. The van der Waals surface area contributed by atoms with E-state index >= 15 is 0 Å². The minimum atomic E-state index is -5.83. The topological polar surface area (TPSA) is 49.7 Å². The van der Waals surface area contributed by atoms with E-state index in [1.165, 1.54) is 0 Å². The smallest absolute Gasteiger partial charge is 0.390 e. The molecule has 0 unspecified atom stereocenters. The first-order valence-electron chi connectivity index (χ1n) is 8.63. The summed E-state index contributed by atoms with van der Waals surface area (Å²) in [4.78, 5) is 0. The maximum atomic E-state index is 12.9. The number of fused-ring (bicyclic) bond motifs is 2. The molecule has 0 aliphatic heterocycles. The predicted octanol–water partition coefficient (Wildman–Crippen LogP) is 3.83. The van der Waals surface area contributed by atoms with Gasteiger partial charge in [0, 0.05) is 0 Å². The van der Waals surface area contributed by atoms with E-state index in [0.717, 1.165) is 5.56 Å². The summed E-state index contributed by atoms with van der Waals surface area (Å²) >= 11 is 0. The average molecular weight is 398 g/mol. The summed E-state index contributed by atoms with van der Waals surface area (Å²) in [6.07, 6.45) is -14.6. The molecule has 9 heteroatoms. The lowest BCUT2D eigenvalue weighted by atomic mass is 9.77. The van der Waals surface area contributed by atoms with Gasteiger partial charge in [-0.15, -0.1) is 0 Å². The highest BCUT2D eigenvalue weighted by Crippen LogP contribution is 2.56. The fraction of sp³-hybridized carbons (Fsp3) is 0.667. The van der Waals surface area contributed by atoms with Gasteiger partial charge in [0.25, 0.3) is 5.60 Å². The number of aliphatic hydroxyl groups is 2. The van der Waals surface area contributed by atoms with Crippen LogP contribution < -0.4 is 0 Å². The zero-order valence-electron chi connectivity index (χ0n) is 14.2. The highest BCUT2D eigenvalue weighted by molar-refractivity contribution is 5.14. The Bertz CT molecular complexity index is 629. The molecular weight excluding hydrogens is 378 g/mol. The first-order chi connectivity index (χ1) is 12.4. The molecular formula is C18H20F6O3. The fourth-order valence-corrected chi connectivity index (χ4v) is 4.42. The molecule has 0 spiro atoms. The SMILES string of the molecule is O[C@H]1[C@@H]2C[C@@H](C[C@@H]2CC(O)(C(F)(F)F)C(F)(F)F)[C@@H]1OCc1ccccc1. The minimum absolute atomic E-state index is 0.0512. The molecule has 2 aliphatic rings. The summed E-state index contributed by atoms with van der Waals surface area (Å²) in [5, 5.41) is 19.8. The number of alkyl halides is 6. The third-order valence-corrected chi connectivity index (χ3v) is 5.81. The Morgan fingerprint density at radius 1 is 0.963 bits per heavy atom. The molecule has 3 rings (SSSR count). The number of aliphatic hydroxyl groups excluding tert-OH is 1. The van der Waals surface area contributed by atoms with E-state index in [2.05, 4.69) is 0 Å². The second-order valence-electron chi connectivity index (χ2n) is 7.47. The number of rotatable bonds is 5. The van der Waals surface area contributed by atoms with E-state index in [4.69, 9.17) is 4.74 Å². The third-order valence-electron chi connectivity index (χ3n) is 5.81. The molecule has 2 N–H and O–H groups in total. The maximum absolute atomic E-state index is 12.9. The Labute approximate surface area is 151 Å². The lowest BCUT2D eigenvalue weighted by Gasteiger charge is -2.39. The number of halogens is 6. The molecule has 0 amide bonds. The monoisotopic (exact) mass is 398 g/mol. The van der Waals surface area contributed by atoms with Crippen molar-refractivity contribution in [1.29, 1.82) is 0 Å². The quantitative estimate of drug-likeness (QED) is 0.742. The van der Waals surface area contributed by atoms with E-state index in [0.29, 0.717) is 0 Å². The van der Waals surface area contributed by atoms with Crippen molar-refractivity contribution in [3.8, 4) is 0 Å². The Kier molecular flexibility index (Phi) is 5.24. The van der Waals surface area contributed by atoms with Gasteiger partial charge < -0.3 is 14.9 Å². The van der Waals surface area contributed by atoms with Gasteiger partial charge in [0.15, 0.2) is 0 Å². The molecule has 2 fully saturated rings. The van der Waals surface area contributed by atoms with Gasteiger partial charge in [-0.2, -0.15) is 26.3 Å². The van der Waals surface area contributed by atoms with Crippen molar-refractivity contribution in [2.24, 2.45) is 17.8 Å². The van der Waals surface area contributed by atoms with Gasteiger partial charge in [0.05, 0.1) is 18.8 Å². The van der Waals surface area contributed by atoms with Crippen molar-refractivity contribution in [3.05, 3.63) is 35.9 Å². The summed E-state index contributed by atoms with van der Waals surface area (Å²) in [7, 11) is 0. The molecule has 0 heterocycles. The van der Waals surface area contributed by atoms with Crippen LogP contribution in [-0.2, 0) is 11.3 Å². The zero-order valence-corrected chi connectivity index (χ0v) is 14.2. The van der Waals surface area contributed by atoms with Gasteiger partial charge >= 0.3 is 12.4 Å². The van der Waals surface area contributed by atoms with Crippen LogP contribution in [0.3, 0.4) is 0 Å². The Morgan fingerprint density at radius 3 is 2.07 bits per heavy atom. The van der Waals surface area contributed by atoms with Crippen LogP contribution in [0.4, 0.5) is 26.3 Å². The van der Waals surface area contributed by atoms with Gasteiger partial charge in [-0.05, 0) is 42.6 Å². The molecule has 2 bridgehead atoms. The highest BCUT2D eigenvalue weighted by Gasteiger charge is 2.71. The maximum Gasteiger partial charge on any atom is 0.426 e. The van der Waals surface area contributed by atoms with E-state index < -0.39 is 48.4 Å². The van der Waals surface area contributed by atoms with Crippen molar-refractivity contribution in [3.63, 3.8) is 0 Å². The summed E-state index contributed by atoms with van der Waals surface area (Å²) < 4.78 is 83.2. The van der Waals surface area contributed by atoms with Crippen LogP contribution in [0.1, 0.15) is 24.8 Å². The molecule has 2 saturated carbocycles. The minimum Gasteiger partial charge on any atom is -0.390 e. The second kappa shape index (κ2) is 6.93. The highest BCUT2D eigenvalue weighted by atomic mass is 19.4. The van der Waals surface area contributed by atoms with Gasteiger partial charge in [-0.25, -0.2) is 0 Å². The lowest BCUT2D eigenvalue weighted by molar-refractivity contribution is -0.373. The summed E-state index contributed by atoms with van der Waals surface area (Å²) in [6, 6.07) is 9.06. The van der Waals surface area contributed by atoms with Crippen LogP contribution in [0.2, 0.25) is 0 Å². The molecule has 1 aromatic rings. The molecule has 3 nitrogen and oxygen atoms in total. The van der Waals surface area contributed by atoms with Gasteiger partial charge in [-0.1, -0.05) is 30.3 Å². The molecule has 0 saturated heterocycles. The van der Waals surface area contributed by atoms with Gasteiger partial charge in [0.1, 0.15) is 0 Å². The van der Waals surface area contributed by atoms with Crippen molar-refractivity contribution in [2.45, 2.75) is 56.0 Å². The first kappa shape index (κ1) is 20.4. The molecule has 152 valence electrons. The van der Waals surface area contributed by atoms with Crippen LogP contribution in [0, 0.1) is 17.8 Å². The summed E-state index contributed by atoms with van der Waals surface area (Å²) in [6.45, 7) is 0.200. The largest absolute Gasteiger partial charge is 0.426 e. The van der Waals surface area contributed by atoms with Crippen LogP contribution in [0.15, 0.2) is 30.3 Å². The fourth-order valence-electron chi connectivity index (χ4n) is 4.42. The van der Waals surface area contributed by atoms with E-state index in [9.17, 15) is 36.6 Å². The number of benzene rings is 1. The second-order valence-corrected chi connectivity index (χ2v) is 7.47. The van der Waals surface area contributed by atoms with Crippen LogP contribution in [0.25, 0.3) is 0 Å². The zero-order chi connectivity index (χ0) is 20.0. The Hall–Kier alpha value is -1.32. The van der Waals surface area contributed by atoms with Crippen molar-refractivity contribution in [2.75, 3.05) is 0 Å². The van der Waals surface area contributed by atoms with Crippen LogP contribution in [0.5, 0.6) is 0 Å². The van der Waals surface area contributed by atoms with Gasteiger partial charge in [-0.3, -0.25) is 0 Å². The van der Waals surface area contributed by atoms with E-state index in [1.54, 1.807) is 12.1 Å². The average Bonchev–Trinajstić information content (AvgIpc) is 3.09. The van der Waals surface area contributed by atoms with Crippen LogP contribution >= 0.6 is 0 Å². The summed E-state index contributed by atoms with van der Waals surface area (Å²) in [5.74, 6) is -2.16. The molecule has 0 aromatic heterocycles. The standard InChI is InChI=1S/C18H20F6O3/c19-17(20,21)16(26,18(22,23)24)8-12-6-11-7-13(12)14(25)15(11)27-9-10-4-2-1-3-5-10/h1-5,11-15,25-26H,6-9H2/t11-,12-,13-,14+,15+/m1/s1. The summed E-state index contributed by atoms with van der Waals surface area (Å²) in [5.41, 5.74) is -3.91. The molecule has 0 radical (unpaired) electrons. The van der Waals surface area contributed by atoms with Crippen molar-refractivity contribution in [1.82, 2.24) is 0 Å². The molecule has 1 aromatic carbocycles. The van der Waals surface area contributed by atoms with Gasteiger partial charge in [0.2, 0.25) is 0 Å². The number of hydrogen-bond donors (Lipinski definition) is 2. The van der Waals surface area contributed by atoms with Crippen molar-refractivity contribution >= 4 is 0 Å². The predicted molar refractivity (Wildman–Crippen MR) is 82.4 cm³/mol. The van der Waals surface area contributed by atoms with Crippen LogP contribution in [-0.4, -0.2) is 40.4 Å². The van der Waals surface area contributed by atoms with E-state index in [1.807, 2.05) is 18.2 Å². The molecule has 5 atom stereocenters. The van der Waals surface area contributed by atoms with Crippen molar-refractivity contribution < 1.29 is 41.3 Å². The Balaban J connectivity index is 1.66. The van der Waals surface area contributed by atoms with E-state index in [-0.39, 0.29) is 25.4 Å². The lowest BCUT2D eigenvalue weighted by Crippen LogP contribution is -2.58. The Morgan fingerprint density at radius 2 is 1.56 bits per heavy atom. The number of ether oxygens (including phenoxy) is 1. The number of hydrogen-bond acceptors (Lipinski definition) is 3. The first-order valence-corrected chi connectivity index (χ1v) is 8.63. The molecule has 27 heavy (non-hydrogen) atoms. The normalized spacial score (nSPS) is 31.5. The molecule has 2 aliphatic carbocycles.